The van der Waals surface area contributed by atoms with Gasteiger partial charge in [-0.15, -0.1) is 0 Å². The van der Waals surface area contributed by atoms with Crippen LogP contribution < -0.4 is 14.8 Å². The van der Waals surface area contributed by atoms with Gasteiger partial charge in [-0.05, 0) is 50.4 Å². The summed E-state index contributed by atoms with van der Waals surface area (Å²) < 4.78 is 11.3. The highest BCUT2D eigenvalue weighted by molar-refractivity contribution is 5.86. The summed E-state index contributed by atoms with van der Waals surface area (Å²) in [6.07, 6.45) is 7.21. The third kappa shape index (κ3) is 5.39. The highest BCUT2D eigenvalue weighted by Crippen LogP contribution is 2.41. The minimum Gasteiger partial charge on any atom is -0.493 e. The number of rotatable bonds is 10. The third-order valence-corrected chi connectivity index (χ3v) is 7.08. The monoisotopic (exact) mass is 463 g/mol. The largest absolute Gasteiger partial charge is 0.493 e. The van der Waals surface area contributed by atoms with Crippen LogP contribution in [0.4, 0.5) is 0 Å². The Kier molecular flexibility index (Phi) is 8.12. The van der Waals surface area contributed by atoms with Crippen molar-refractivity contribution < 1.29 is 14.3 Å². The van der Waals surface area contributed by atoms with Gasteiger partial charge in [-0.3, -0.25) is 4.79 Å². The number of piperidine rings is 1. The predicted octanol–water partition coefficient (Wildman–Crippen LogP) is 5.09. The van der Waals surface area contributed by atoms with Gasteiger partial charge in [0.25, 0.3) is 0 Å². The van der Waals surface area contributed by atoms with Crippen molar-refractivity contribution in [3.63, 3.8) is 0 Å². The third-order valence-electron chi connectivity index (χ3n) is 7.08. The standard InChI is InChI=1S/C28H37N3O3/c1-20-10-6-7-16-31(20)17-9-15-29-27(32)18-23(22-12-8-14-26(33-2)28(22)34-3)24-19-30-25-13-5-4-11-21(24)25/h4-5,8,11-14,19-20,23,30H,6-7,9-10,15-18H2,1-3H3,(H,29,32)/t20-,23+/m0/s1. The van der Waals surface area contributed by atoms with Gasteiger partial charge >= 0.3 is 0 Å². The number of nitrogens with zero attached hydrogens (tertiary/aromatic N) is 1. The number of hydrogen-bond acceptors (Lipinski definition) is 4. The second-order valence-corrected chi connectivity index (χ2v) is 9.21. The molecule has 182 valence electrons. The molecule has 6 heteroatoms. The summed E-state index contributed by atoms with van der Waals surface area (Å²) in [5.74, 6) is 1.23. The molecule has 4 rings (SSSR count). The molecule has 2 atom stereocenters. The Bertz CT molecular complexity index is 1090. The van der Waals surface area contributed by atoms with Crippen molar-refractivity contribution in [3.8, 4) is 11.5 Å². The number of carbonyl (C=O) groups is 1. The van der Waals surface area contributed by atoms with Crippen LogP contribution in [0.2, 0.25) is 0 Å². The predicted molar refractivity (Wildman–Crippen MR) is 137 cm³/mol. The first kappa shape index (κ1) is 24.1. The molecule has 1 amide bonds. The van der Waals surface area contributed by atoms with Crippen LogP contribution in [0.5, 0.6) is 11.5 Å². The summed E-state index contributed by atoms with van der Waals surface area (Å²) in [7, 11) is 3.29. The molecule has 0 bridgehead atoms. The molecule has 6 nitrogen and oxygen atoms in total. The van der Waals surface area contributed by atoms with Crippen LogP contribution in [0.15, 0.2) is 48.7 Å². The Hall–Kier alpha value is -2.99. The second kappa shape index (κ2) is 11.4. The van der Waals surface area contributed by atoms with Crippen molar-refractivity contribution in [1.82, 2.24) is 15.2 Å². The van der Waals surface area contributed by atoms with Crippen LogP contribution in [-0.2, 0) is 4.79 Å². The highest BCUT2D eigenvalue weighted by atomic mass is 16.5. The van der Waals surface area contributed by atoms with Gasteiger partial charge in [-0.2, -0.15) is 0 Å². The van der Waals surface area contributed by atoms with Gasteiger partial charge in [-0.25, -0.2) is 0 Å². The quantitative estimate of drug-likeness (QED) is 0.411. The normalized spacial score (nSPS) is 17.4. The van der Waals surface area contributed by atoms with Crippen molar-refractivity contribution in [2.24, 2.45) is 0 Å². The van der Waals surface area contributed by atoms with Gasteiger partial charge in [0.15, 0.2) is 11.5 Å². The van der Waals surface area contributed by atoms with Crippen molar-refractivity contribution >= 4 is 16.8 Å². The minimum absolute atomic E-state index is 0.0480. The Morgan fingerprint density at radius 1 is 1.12 bits per heavy atom. The smallest absolute Gasteiger partial charge is 0.220 e. The maximum absolute atomic E-state index is 13.1. The lowest BCUT2D eigenvalue weighted by Gasteiger charge is -2.33. The van der Waals surface area contributed by atoms with E-state index in [0.717, 1.165) is 35.0 Å². The molecule has 2 heterocycles. The summed E-state index contributed by atoms with van der Waals surface area (Å²) in [5, 5.41) is 4.28. The van der Waals surface area contributed by atoms with Crippen molar-refractivity contribution in [1.29, 1.82) is 0 Å². The Morgan fingerprint density at radius 3 is 2.76 bits per heavy atom. The number of methoxy groups -OCH3 is 2. The Balaban J connectivity index is 1.51. The summed E-state index contributed by atoms with van der Waals surface area (Å²) >= 11 is 0. The van der Waals surface area contributed by atoms with Crippen molar-refractivity contribution in [2.45, 2.75) is 51.0 Å². The SMILES string of the molecule is COc1cccc([C@@H](CC(=O)NCCCN2CCCC[C@@H]2C)c2c[nH]c3ccccc23)c1OC. The number of para-hydroxylation sites is 2. The van der Waals surface area contributed by atoms with Crippen LogP contribution >= 0.6 is 0 Å². The van der Waals surface area contributed by atoms with E-state index < -0.39 is 0 Å². The van der Waals surface area contributed by atoms with E-state index in [1.807, 2.05) is 36.5 Å². The fraction of sp³-hybridized carbons (Fsp3) is 0.464. The molecule has 1 aliphatic heterocycles. The van der Waals surface area contributed by atoms with Gasteiger partial charge in [-0.1, -0.05) is 36.8 Å². The summed E-state index contributed by atoms with van der Waals surface area (Å²) in [6.45, 7) is 5.22. The number of fused-ring (bicyclic) bond motifs is 1. The van der Waals surface area contributed by atoms with Gasteiger partial charge in [0.05, 0.1) is 14.2 Å². The maximum Gasteiger partial charge on any atom is 0.220 e. The zero-order valence-electron chi connectivity index (χ0n) is 20.6. The number of ether oxygens (including phenoxy) is 2. The number of likely N-dealkylation sites (tertiary alicyclic amines) is 1. The first-order chi connectivity index (χ1) is 16.6. The highest BCUT2D eigenvalue weighted by Gasteiger charge is 2.26. The van der Waals surface area contributed by atoms with Gasteiger partial charge in [0.1, 0.15) is 0 Å². The van der Waals surface area contributed by atoms with E-state index in [9.17, 15) is 4.79 Å². The first-order valence-corrected chi connectivity index (χ1v) is 12.4. The molecular weight excluding hydrogens is 426 g/mol. The molecule has 2 aromatic carbocycles. The molecule has 1 fully saturated rings. The number of hydrogen-bond donors (Lipinski definition) is 2. The van der Waals surface area contributed by atoms with E-state index in [2.05, 4.69) is 34.3 Å². The molecule has 3 aromatic rings. The number of benzene rings is 2. The summed E-state index contributed by atoms with van der Waals surface area (Å²) in [4.78, 5) is 19.0. The Labute approximate surface area is 202 Å². The van der Waals surface area contributed by atoms with Crippen LogP contribution in [0.1, 0.15) is 56.1 Å². The molecule has 0 unspecified atom stereocenters. The van der Waals surface area contributed by atoms with E-state index in [0.29, 0.717) is 30.5 Å². The number of aromatic nitrogens is 1. The number of aromatic amines is 1. The van der Waals surface area contributed by atoms with Gasteiger partial charge < -0.3 is 24.7 Å². The molecule has 0 aliphatic carbocycles. The average Bonchev–Trinajstić information content (AvgIpc) is 3.29. The van der Waals surface area contributed by atoms with Gasteiger partial charge in [0.2, 0.25) is 5.91 Å². The summed E-state index contributed by atoms with van der Waals surface area (Å²) in [5.41, 5.74) is 3.09. The number of amides is 1. The zero-order valence-corrected chi connectivity index (χ0v) is 20.6. The van der Waals surface area contributed by atoms with E-state index in [1.165, 1.54) is 25.8 Å². The number of nitrogens with one attached hydrogen (secondary N) is 2. The van der Waals surface area contributed by atoms with E-state index in [4.69, 9.17) is 9.47 Å². The van der Waals surface area contributed by atoms with Crippen LogP contribution in [0.3, 0.4) is 0 Å². The fourth-order valence-electron chi connectivity index (χ4n) is 5.21. The van der Waals surface area contributed by atoms with Crippen molar-refractivity contribution in [2.75, 3.05) is 33.9 Å². The minimum atomic E-state index is -0.164. The lowest BCUT2D eigenvalue weighted by atomic mass is 9.87. The Morgan fingerprint density at radius 2 is 1.97 bits per heavy atom. The van der Waals surface area contributed by atoms with Gasteiger partial charge in [0, 0.05) is 54.1 Å². The molecule has 0 saturated carbocycles. The molecule has 2 N–H and O–H groups in total. The first-order valence-electron chi connectivity index (χ1n) is 12.4. The zero-order chi connectivity index (χ0) is 23.9. The lowest BCUT2D eigenvalue weighted by Crippen LogP contribution is -2.39. The van der Waals surface area contributed by atoms with E-state index in [1.54, 1.807) is 14.2 Å². The topological polar surface area (TPSA) is 66.6 Å². The van der Waals surface area contributed by atoms with Crippen molar-refractivity contribution in [3.05, 3.63) is 59.8 Å². The number of carbonyl (C=O) groups excluding carboxylic acids is 1. The lowest BCUT2D eigenvalue weighted by molar-refractivity contribution is -0.121. The molecule has 0 spiro atoms. The molecule has 1 aliphatic rings. The molecule has 1 saturated heterocycles. The molecule has 0 radical (unpaired) electrons. The van der Waals surface area contributed by atoms with E-state index in [-0.39, 0.29) is 11.8 Å². The fourth-order valence-corrected chi connectivity index (χ4v) is 5.21. The maximum atomic E-state index is 13.1. The number of H-pyrrole nitrogens is 1. The average molecular weight is 464 g/mol. The van der Waals surface area contributed by atoms with E-state index >= 15 is 0 Å². The van der Waals surface area contributed by atoms with Crippen LogP contribution in [0.25, 0.3) is 10.9 Å². The second-order valence-electron chi connectivity index (χ2n) is 9.21. The van der Waals surface area contributed by atoms with Crippen LogP contribution in [0, 0.1) is 0 Å². The molecule has 1 aromatic heterocycles. The molecule has 34 heavy (non-hydrogen) atoms. The summed E-state index contributed by atoms with van der Waals surface area (Å²) in [6, 6.07) is 14.7. The molecular formula is C28H37N3O3. The van der Waals surface area contributed by atoms with Crippen LogP contribution in [-0.4, -0.2) is 55.7 Å².